The molecule has 0 unspecified atom stereocenters. The fourth-order valence-corrected chi connectivity index (χ4v) is 1.92. The summed E-state index contributed by atoms with van der Waals surface area (Å²) in [5, 5.41) is 4.57. The molecule has 0 aliphatic rings. The first kappa shape index (κ1) is 11.0. The smallest absolute Gasteiger partial charge is 0.0501 e. The van der Waals surface area contributed by atoms with Gasteiger partial charge in [-0.2, -0.15) is 0 Å². The molecule has 0 radical (unpaired) electrons. The highest BCUT2D eigenvalue weighted by molar-refractivity contribution is 5.92. The van der Waals surface area contributed by atoms with Crippen LogP contribution in [-0.2, 0) is 13.6 Å². The fourth-order valence-electron chi connectivity index (χ4n) is 1.92. The van der Waals surface area contributed by atoms with E-state index in [0.717, 1.165) is 17.6 Å². The van der Waals surface area contributed by atoms with Crippen LogP contribution in [0.2, 0.25) is 0 Å². The van der Waals surface area contributed by atoms with Crippen molar-refractivity contribution in [3.63, 3.8) is 0 Å². The van der Waals surface area contributed by atoms with Gasteiger partial charge in [-0.1, -0.05) is 19.9 Å². The molecule has 0 amide bonds. The number of anilines is 1. The number of nitrogen functional groups attached to an aromatic ring is 1. The molecule has 1 heterocycles. The van der Waals surface area contributed by atoms with Gasteiger partial charge in [-0.25, -0.2) is 0 Å². The van der Waals surface area contributed by atoms with E-state index in [-0.39, 0.29) is 0 Å². The molecule has 3 nitrogen and oxygen atoms in total. The molecule has 3 N–H and O–H groups in total. The Bertz CT molecular complexity index is 497. The van der Waals surface area contributed by atoms with Crippen LogP contribution >= 0.6 is 0 Å². The molecule has 0 spiro atoms. The molecule has 0 aliphatic heterocycles. The maximum atomic E-state index is 5.96. The van der Waals surface area contributed by atoms with E-state index in [1.807, 2.05) is 12.1 Å². The molecule has 1 aromatic carbocycles. The lowest BCUT2D eigenvalue weighted by molar-refractivity contribution is 0.572. The van der Waals surface area contributed by atoms with Gasteiger partial charge in [-0.3, -0.25) is 0 Å². The Labute approximate surface area is 96.2 Å². The minimum Gasteiger partial charge on any atom is -0.398 e. The van der Waals surface area contributed by atoms with E-state index in [0.29, 0.717) is 6.04 Å². The van der Waals surface area contributed by atoms with E-state index < -0.39 is 0 Å². The highest BCUT2D eigenvalue weighted by Crippen LogP contribution is 2.24. The van der Waals surface area contributed by atoms with Crippen molar-refractivity contribution in [2.75, 3.05) is 5.73 Å². The second kappa shape index (κ2) is 4.18. The molecule has 3 heteroatoms. The number of hydrogen-bond acceptors (Lipinski definition) is 2. The number of nitrogens with one attached hydrogen (secondary N) is 1. The summed E-state index contributed by atoms with van der Waals surface area (Å²) in [6, 6.07) is 8.71. The van der Waals surface area contributed by atoms with Crippen molar-refractivity contribution < 1.29 is 0 Å². The van der Waals surface area contributed by atoms with Gasteiger partial charge < -0.3 is 15.6 Å². The summed E-state index contributed by atoms with van der Waals surface area (Å²) in [7, 11) is 2.08. The van der Waals surface area contributed by atoms with Gasteiger partial charge in [0.2, 0.25) is 0 Å². The third-order valence-corrected chi connectivity index (χ3v) is 2.91. The summed E-state index contributed by atoms with van der Waals surface area (Å²) in [6.45, 7) is 5.18. The van der Waals surface area contributed by atoms with Crippen LogP contribution in [0.25, 0.3) is 10.9 Å². The molecule has 1 aromatic heterocycles. The van der Waals surface area contributed by atoms with Gasteiger partial charge in [-0.05, 0) is 18.2 Å². The van der Waals surface area contributed by atoms with E-state index in [2.05, 4.69) is 42.9 Å². The summed E-state index contributed by atoms with van der Waals surface area (Å²) >= 11 is 0. The maximum absolute atomic E-state index is 5.96. The Morgan fingerprint density at radius 3 is 2.75 bits per heavy atom. The number of fused-ring (bicyclic) bond motifs is 1. The van der Waals surface area contributed by atoms with Crippen molar-refractivity contribution >= 4 is 16.6 Å². The number of nitrogens with zero attached hydrogens (tertiary/aromatic N) is 1. The molecule has 0 saturated carbocycles. The van der Waals surface area contributed by atoms with Gasteiger partial charge in [-0.15, -0.1) is 0 Å². The first-order valence-electron chi connectivity index (χ1n) is 5.65. The fraction of sp³-hybridized carbons (Fsp3) is 0.385. The molecule has 0 saturated heterocycles. The van der Waals surface area contributed by atoms with Crippen LogP contribution in [0.5, 0.6) is 0 Å². The summed E-state index contributed by atoms with van der Waals surface area (Å²) in [5.41, 5.74) is 9.27. The zero-order valence-electron chi connectivity index (χ0n) is 10.1. The van der Waals surface area contributed by atoms with E-state index in [9.17, 15) is 0 Å². The van der Waals surface area contributed by atoms with E-state index in [4.69, 9.17) is 5.73 Å². The van der Waals surface area contributed by atoms with Crippen LogP contribution in [0, 0.1) is 0 Å². The predicted molar refractivity (Wildman–Crippen MR) is 69.3 cm³/mol. The lowest BCUT2D eigenvalue weighted by Crippen LogP contribution is -2.22. The minimum atomic E-state index is 0.496. The summed E-state index contributed by atoms with van der Waals surface area (Å²) < 4.78 is 2.20. The van der Waals surface area contributed by atoms with Gasteiger partial charge in [0.05, 0.1) is 5.52 Å². The SMILES string of the molecule is CC(C)NCc1cc2c(N)cccc2n1C. The van der Waals surface area contributed by atoms with Crippen LogP contribution in [-0.4, -0.2) is 10.6 Å². The highest BCUT2D eigenvalue weighted by Gasteiger charge is 2.07. The molecular weight excluding hydrogens is 198 g/mol. The van der Waals surface area contributed by atoms with Crippen LogP contribution < -0.4 is 11.1 Å². The maximum Gasteiger partial charge on any atom is 0.0501 e. The molecule has 0 atom stereocenters. The van der Waals surface area contributed by atoms with Gasteiger partial charge >= 0.3 is 0 Å². The number of nitrogens with two attached hydrogens (primary N) is 1. The quantitative estimate of drug-likeness (QED) is 0.774. The second-order valence-electron chi connectivity index (χ2n) is 4.51. The lowest BCUT2D eigenvalue weighted by Gasteiger charge is -2.08. The third kappa shape index (κ3) is 1.91. The summed E-state index contributed by atoms with van der Waals surface area (Å²) in [6.07, 6.45) is 0. The van der Waals surface area contributed by atoms with Gasteiger partial charge in [0.25, 0.3) is 0 Å². The zero-order chi connectivity index (χ0) is 11.7. The monoisotopic (exact) mass is 217 g/mol. The van der Waals surface area contributed by atoms with Crippen LogP contribution in [0.1, 0.15) is 19.5 Å². The molecular formula is C13H19N3. The van der Waals surface area contributed by atoms with Crippen LogP contribution in [0.15, 0.2) is 24.3 Å². The molecule has 0 bridgehead atoms. The molecule has 2 aromatic rings. The van der Waals surface area contributed by atoms with Crippen molar-refractivity contribution in [1.82, 2.24) is 9.88 Å². The van der Waals surface area contributed by atoms with Gasteiger partial charge in [0.15, 0.2) is 0 Å². The van der Waals surface area contributed by atoms with Crippen molar-refractivity contribution in [3.8, 4) is 0 Å². The molecule has 86 valence electrons. The van der Waals surface area contributed by atoms with E-state index in [1.165, 1.54) is 11.2 Å². The number of benzene rings is 1. The highest BCUT2D eigenvalue weighted by atomic mass is 15.0. The summed E-state index contributed by atoms with van der Waals surface area (Å²) in [4.78, 5) is 0. The Kier molecular flexibility index (Phi) is 2.88. The first-order chi connectivity index (χ1) is 7.59. The molecule has 2 rings (SSSR count). The predicted octanol–water partition coefficient (Wildman–Crippen LogP) is 2.26. The molecule has 16 heavy (non-hydrogen) atoms. The number of aromatic nitrogens is 1. The topological polar surface area (TPSA) is 43.0 Å². The Morgan fingerprint density at radius 2 is 2.12 bits per heavy atom. The van der Waals surface area contributed by atoms with Gasteiger partial charge in [0, 0.05) is 36.4 Å². The van der Waals surface area contributed by atoms with Gasteiger partial charge in [0.1, 0.15) is 0 Å². The normalized spacial score (nSPS) is 11.5. The molecule has 0 fully saturated rings. The lowest BCUT2D eigenvalue weighted by atomic mass is 10.2. The van der Waals surface area contributed by atoms with Crippen LogP contribution in [0.4, 0.5) is 5.69 Å². The second-order valence-corrected chi connectivity index (χ2v) is 4.51. The average molecular weight is 217 g/mol. The van der Waals surface area contributed by atoms with Crippen molar-refractivity contribution in [2.45, 2.75) is 26.4 Å². The average Bonchev–Trinajstić information content (AvgIpc) is 2.55. The van der Waals surface area contributed by atoms with Crippen molar-refractivity contribution in [3.05, 3.63) is 30.0 Å². The Balaban J connectivity index is 2.40. The van der Waals surface area contributed by atoms with E-state index in [1.54, 1.807) is 0 Å². The summed E-state index contributed by atoms with van der Waals surface area (Å²) in [5.74, 6) is 0. The zero-order valence-corrected chi connectivity index (χ0v) is 10.1. The van der Waals surface area contributed by atoms with Crippen molar-refractivity contribution in [2.24, 2.45) is 7.05 Å². The first-order valence-corrected chi connectivity index (χ1v) is 5.65. The largest absolute Gasteiger partial charge is 0.398 e. The molecule has 0 aliphatic carbocycles. The third-order valence-electron chi connectivity index (χ3n) is 2.91. The van der Waals surface area contributed by atoms with E-state index >= 15 is 0 Å². The standard InChI is InChI=1S/C13H19N3/c1-9(2)15-8-10-7-11-12(14)5-4-6-13(11)16(10)3/h4-7,9,15H,8,14H2,1-3H3. The Morgan fingerprint density at radius 1 is 1.38 bits per heavy atom. The number of rotatable bonds is 3. The Hall–Kier alpha value is -1.48. The minimum absolute atomic E-state index is 0.496. The number of aryl methyl sites for hydroxylation is 1. The number of hydrogen-bond donors (Lipinski definition) is 2. The van der Waals surface area contributed by atoms with Crippen LogP contribution in [0.3, 0.4) is 0 Å². The van der Waals surface area contributed by atoms with Crippen molar-refractivity contribution in [1.29, 1.82) is 0 Å².